The van der Waals surface area contributed by atoms with Crippen LogP contribution >= 0.6 is 0 Å². The highest BCUT2D eigenvalue weighted by molar-refractivity contribution is 5.75. The molecule has 4 saturated carbocycles. The molecule has 0 aliphatic heterocycles. The zero-order valence-corrected chi connectivity index (χ0v) is 30.1. The van der Waals surface area contributed by atoms with Crippen LogP contribution in [0.1, 0.15) is 172 Å². The van der Waals surface area contributed by atoms with Gasteiger partial charge in [0.2, 0.25) is 0 Å². The van der Waals surface area contributed by atoms with E-state index in [0.717, 1.165) is 36.5 Å². The fraction of sp³-hybridized carbons (Fsp3) is 0.974. The van der Waals surface area contributed by atoms with E-state index in [0.29, 0.717) is 29.1 Å². The van der Waals surface area contributed by atoms with E-state index >= 15 is 0 Å². The number of hydrogen-bond donors (Lipinski definition) is 0. The molecule has 4 aliphatic rings. The average Bonchev–Trinajstić information content (AvgIpc) is 2.93. The van der Waals surface area contributed by atoms with Gasteiger partial charge < -0.3 is 14.2 Å². The molecule has 0 heterocycles. The van der Waals surface area contributed by atoms with Gasteiger partial charge in [-0.25, -0.2) is 0 Å². The van der Waals surface area contributed by atoms with Crippen LogP contribution in [-0.4, -0.2) is 36.0 Å². The van der Waals surface area contributed by atoms with Crippen LogP contribution in [0, 0.1) is 39.9 Å². The van der Waals surface area contributed by atoms with Gasteiger partial charge in [-0.1, -0.05) is 27.7 Å². The molecule has 0 aromatic heterocycles. The summed E-state index contributed by atoms with van der Waals surface area (Å²) >= 11 is 0. The average molecular weight is 603 g/mol. The Morgan fingerprint density at radius 1 is 0.442 bits per heavy atom. The van der Waals surface area contributed by atoms with Crippen molar-refractivity contribution in [3.05, 3.63) is 0 Å². The summed E-state index contributed by atoms with van der Waals surface area (Å²) in [4.78, 5) is 12.4. The molecule has 0 unspecified atom stereocenters. The largest absolute Gasteiger partial charge is 0.462 e. The van der Waals surface area contributed by atoms with Crippen LogP contribution in [0.5, 0.6) is 0 Å². The molecule has 4 heteroatoms. The van der Waals surface area contributed by atoms with Gasteiger partial charge in [-0.2, -0.15) is 0 Å². The summed E-state index contributed by atoms with van der Waals surface area (Å²) < 4.78 is 19.0. The first-order valence-corrected chi connectivity index (χ1v) is 18.5. The van der Waals surface area contributed by atoms with E-state index in [2.05, 4.69) is 48.5 Å². The maximum absolute atomic E-state index is 12.4. The first kappa shape index (κ1) is 35.2. The Bertz CT molecular complexity index is 860. The number of esters is 1. The Kier molecular flexibility index (Phi) is 11.5. The molecule has 0 radical (unpaired) electrons. The second-order valence-corrected chi connectivity index (χ2v) is 18.6. The Morgan fingerprint density at radius 3 is 1.05 bits per heavy atom. The van der Waals surface area contributed by atoms with Crippen LogP contribution in [0.3, 0.4) is 0 Å². The van der Waals surface area contributed by atoms with Crippen molar-refractivity contribution in [2.75, 3.05) is 0 Å². The summed E-state index contributed by atoms with van der Waals surface area (Å²) in [6.07, 6.45) is 21.3. The Labute approximate surface area is 266 Å². The highest BCUT2D eigenvalue weighted by Crippen LogP contribution is 2.51. The molecule has 0 atom stereocenters. The zero-order chi connectivity index (χ0) is 31.6. The number of rotatable bonds is 8. The van der Waals surface area contributed by atoms with Crippen molar-refractivity contribution < 1.29 is 19.0 Å². The third kappa shape index (κ3) is 9.46. The second-order valence-electron chi connectivity index (χ2n) is 18.6. The lowest BCUT2D eigenvalue weighted by Crippen LogP contribution is -2.41. The van der Waals surface area contributed by atoms with Gasteiger partial charge in [-0.05, 0) is 179 Å². The van der Waals surface area contributed by atoms with Crippen molar-refractivity contribution in [1.29, 1.82) is 0 Å². The van der Waals surface area contributed by atoms with Crippen molar-refractivity contribution in [2.24, 2.45) is 39.9 Å². The highest BCUT2D eigenvalue weighted by Gasteiger charge is 2.43. The van der Waals surface area contributed by atoms with E-state index in [1.54, 1.807) is 0 Å². The third-order valence-corrected chi connectivity index (χ3v) is 12.7. The number of carbonyl (C=O) groups excluding carboxylic acids is 1. The summed E-state index contributed by atoms with van der Waals surface area (Å²) in [6, 6.07) is 0. The Morgan fingerprint density at radius 2 is 0.744 bits per heavy atom. The van der Waals surface area contributed by atoms with E-state index in [-0.39, 0.29) is 17.7 Å². The van der Waals surface area contributed by atoms with E-state index < -0.39 is 5.41 Å². The molecule has 0 bridgehead atoms. The van der Waals surface area contributed by atoms with Crippen LogP contribution in [-0.2, 0) is 19.0 Å². The first-order chi connectivity index (χ1) is 19.9. The normalized spacial score (nSPS) is 35.4. The molecule has 0 aromatic carbocycles. The molecule has 0 aromatic rings. The first-order valence-electron chi connectivity index (χ1n) is 18.5. The van der Waals surface area contributed by atoms with Gasteiger partial charge in [0.1, 0.15) is 6.10 Å². The lowest BCUT2D eigenvalue weighted by molar-refractivity contribution is -0.161. The maximum atomic E-state index is 12.4. The van der Waals surface area contributed by atoms with E-state index in [9.17, 15) is 4.79 Å². The molecule has 250 valence electrons. The molecule has 0 N–H and O–H groups in total. The minimum absolute atomic E-state index is 0.0224. The molecular formula is C39H70O4. The van der Waals surface area contributed by atoms with Gasteiger partial charge in [0.25, 0.3) is 0 Å². The highest BCUT2D eigenvalue weighted by atomic mass is 16.5. The fourth-order valence-corrected chi connectivity index (χ4v) is 9.50. The summed E-state index contributed by atoms with van der Waals surface area (Å²) in [7, 11) is 0. The monoisotopic (exact) mass is 603 g/mol. The fourth-order valence-electron chi connectivity index (χ4n) is 9.50. The predicted octanol–water partition coefficient (Wildman–Crippen LogP) is 10.7. The van der Waals surface area contributed by atoms with Crippen LogP contribution in [0.4, 0.5) is 0 Å². The SMILES string of the molecule is CC(C)(C)OC1CCC(C(C)(C)C2CCC(OC3CCC(C(C)(C)C4CCC(OC(=O)C(C)(C)C)CC4)CC3)CC2)CC1. The maximum Gasteiger partial charge on any atom is 0.311 e. The van der Waals surface area contributed by atoms with Crippen molar-refractivity contribution in [2.45, 2.75) is 202 Å². The van der Waals surface area contributed by atoms with Crippen LogP contribution in [0.2, 0.25) is 0 Å². The molecule has 4 rings (SSSR count). The van der Waals surface area contributed by atoms with Gasteiger partial charge in [-0.15, -0.1) is 0 Å². The summed E-state index contributed by atoms with van der Waals surface area (Å²) in [5.41, 5.74) is 0.347. The number of carbonyl (C=O) groups is 1. The summed E-state index contributed by atoms with van der Waals surface area (Å²) in [5, 5.41) is 0. The summed E-state index contributed by atoms with van der Waals surface area (Å²) in [6.45, 7) is 22.6. The molecule has 4 aliphatic carbocycles. The lowest BCUT2D eigenvalue weighted by Gasteiger charge is -2.48. The van der Waals surface area contributed by atoms with Gasteiger partial charge in [0.05, 0.1) is 29.3 Å². The minimum Gasteiger partial charge on any atom is -0.462 e. The standard InChI is InChI=1S/C39H70O4/c1-36(2,3)35(40)42-33-23-15-29(16-24-33)38(7,8)27-11-19-31(20-12-27)41-32-21-13-28(14-22-32)39(9,10)30-17-25-34(26-18-30)43-37(4,5)6/h27-34H,11-26H2,1-10H3. The van der Waals surface area contributed by atoms with Crippen LogP contribution in [0.25, 0.3) is 0 Å². The zero-order valence-electron chi connectivity index (χ0n) is 30.1. The molecule has 4 fully saturated rings. The Hall–Kier alpha value is -0.610. The van der Waals surface area contributed by atoms with Gasteiger partial charge >= 0.3 is 5.97 Å². The predicted molar refractivity (Wildman–Crippen MR) is 178 cm³/mol. The molecule has 4 nitrogen and oxygen atoms in total. The number of ether oxygens (including phenoxy) is 3. The molecule has 0 amide bonds. The van der Waals surface area contributed by atoms with Crippen LogP contribution < -0.4 is 0 Å². The second kappa shape index (κ2) is 14.0. The van der Waals surface area contributed by atoms with Gasteiger partial charge in [0.15, 0.2) is 0 Å². The number of hydrogen-bond acceptors (Lipinski definition) is 4. The molecule has 0 saturated heterocycles. The van der Waals surface area contributed by atoms with Crippen molar-refractivity contribution in [3.8, 4) is 0 Å². The quantitative estimate of drug-likeness (QED) is 0.259. The summed E-state index contributed by atoms with van der Waals surface area (Å²) in [5.74, 6) is 3.14. The lowest BCUT2D eigenvalue weighted by atomic mass is 9.60. The smallest absolute Gasteiger partial charge is 0.311 e. The van der Waals surface area contributed by atoms with Gasteiger partial charge in [0, 0.05) is 0 Å². The van der Waals surface area contributed by atoms with E-state index in [4.69, 9.17) is 14.2 Å². The van der Waals surface area contributed by atoms with Crippen molar-refractivity contribution >= 4 is 5.97 Å². The van der Waals surface area contributed by atoms with Crippen molar-refractivity contribution in [1.82, 2.24) is 0 Å². The third-order valence-electron chi connectivity index (χ3n) is 12.7. The van der Waals surface area contributed by atoms with Gasteiger partial charge in [-0.3, -0.25) is 4.79 Å². The van der Waals surface area contributed by atoms with Crippen LogP contribution in [0.15, 0.2) is 0 Å². The van der Waals surface area contributed by atoms with Crippen molar-refractivity contribution in [3.63, 3.8) is 0 Å². The topological polar surface area (TPSA) is 44.8 Å². The molecule has 0 spiro atoms. The minimum atomic E-state index is -0.409. The Balaban J connectivity index is 1.15. The molecule has 43 heavy (non-hydrogen) atoms. The molecular weight excluding hydrogens is 532 g/mol. The van der Waals surface area contributed by atoms with E-state index in [1.807, 2.05) is 20.8 Å². The van der Waals surface area contributed by atoms with E-state index in [1.165, 1.54) is 89.9 Å².